The molecule has 0 aromatic heterocycles. The average molecular weight is 329 g/mol. The van der Waals surface area contributed by atoms with E-state index in [1.165, 1.54) is 25.7 Å². The second kappa shape index (κ2) is 6.87. The Bertz CT molecular complexity index is 490. The van der Waals surface area contributed by atoms with Crippen molar-refractivity contribution in [2.45, 2.75) is 44.2 Å². The molecule has 2 nitrogen and oxygen atoms in total. The van der Waals surface area contributed by atoms with Gasteiger partial charge in [-0.2, -0.15) is 0 Å². The smallest absolute Gasteiger partial charge is 0.0520 e. The van der Waals surface area contributed by atoms with Crippen LogP contribution in [-0.4, -0.2) is 31.6 Å². The first-order valence-electron chi connectivity index (χ1n) is 7.70. The molecule has 2 rings (SSSR count). The summed E-state index contributed by atoms with van der Waals surface area (Å²) in [6.07, 6.45) is 4.93. The molecular formula is C17H26Cl2N2. The van der Waals surface area contributed by atoms with Gasteiger partial charge in [0.05, 0.1) is 6.04 Å². The first-order chi connectivity index (χ1) is 9.90. The lowest BCUT2D eigenvalue weighted by Gasteiger charge is -2.50. The normalized spacial score (nSPS) is 27.9. The van der Waals surface area contributed by atoms with Crippen molar-refractivity contribution in [2.24, 2.45) is 5.92 Å². The molecule has 0 aliphatic heterocycles. The van der Waals surface area contributed by atoms with Gasteiger partial charge in [-0.15, -0.1) is 0 Å². The molecule has 1 saturated carbocycles. The summed E-state index contributed by atoms with van der Waals surface area (Å²) in [5.41, 5.74) is 1.19. The van der Waals surface area contributed by atoms with E-state index in [4.69, 9.17) is 23.2 Å². The van der Waals surface area contributed by atoms with E-state index in [1.54, 1.807) is 0 Å². The molecule has 0 radical (unpaired) electrons. The van der Waals surface area contributed by atoms with E-state index in [0.717, 1.165) is 21.5 Å². The van der Waals surface area contributed by atoms with Crippen LogP contribution in [0.3, 0.4) is 0 Å². The molecule has 1 aromatic carbocycles. The van der Waals surface area contributed by atoms with Gasteiger partial charge in [0.1, 0.15) is 0 Å². The fourth-order valence-corrected chi connectivity index (χ4v) is 4.35. The second-order valence-corrected chi connectivity index (χ2v) is 7.43. The Morgan fingerprint density at radius 2 is 2.05 bits per heavy atom. The lowest BCUT2D eigenvalue weighted by atomic mass is 9.69. The highest BCUT2D eigenvalue weighted by molar-refractivity contribution is 6.33. The fourth-order valence-electron chi connectivity index (χ4n) is 3.94. The number of hydrogen-bond acceptors (Lipinski definition) is 2. The Labute approximate surface area is 138 Å². The van der Waals surface area contributed by atoms with Crippen molar-refractivity contribution < 1.29 is 0 Å². The third-order valence-corrected chi connectivity index (χ3v) is 5.57. The number of benzene rings is 1. The van der Waals surface area contributed by atoms with Gasteiger partial charge in [-0.25, -0.2) is 0 Å². The predicted octanol–water partition coefficient (Wildman–Crippen LogP) is 4.76. The lowest BCUT2D eigenvalue weighted by molar-refractivity contribution is 0.0393. The van der Waals surface area contributed by atoms with E-state index in [9.17, 15) is 0 Å². The number of likely N-dealkylation sites (N-methyl/N-ethyl adjacent to an activating group) is 2. The van der Waals surface area contributed by atoms with Crippen molar-refractivity contribution in [1.82, 2.24) is 10.2 Å². The Balaban J connectivity index is 2.47. The minimum Gasteiger partial charge on any atom is -0.311 e. The Morgan fingerprint density at radius 3 is 2.62 bits per heavy atom. The van der Waals surface area contributed by atoms with Gasteiger partial charge in [0, 0.05) is 15.6 Å². The quantitative estimate of drug-likeness (QED) is 0.856. The maximum atomic E-state index is 6.47. The maximum absolute atomic E-state index is 6.47. The fraction of sp³-hybridized carbons (Fsp3) is 0.647. The third kappa shape index (κ3) is 3.39. The molecule has 1 fully saturated rings. The summed E-state index contributed by atoms with van der Waals surface area (Å²) >= 11 is 12.7. The number of rotatable bonds is 4. The SMILES string of the molecule is CNC(c1cc(Cl)ccc1Cl)C1(N(C)C)CCCC(C)C1. The molecule has 0 spiro atoms. The Kier molecular flexibility index (Phi) is 5.59. The molecule has 0 heterocycles. The van der Waals surface area contributed by atoms with Gasteiger partial charge in [-0.3, -0.25) is 0 Å². The van der Waals surface area contributed by atoms with Gasteiger partial charge >= 0.3 is 0 Å². The standard InChI is InChI=1S/C17H26Cl2N2/c1-12-6-5-9-17(11-12,21(3)4)16(20-2)14-10-13(18)7-8-15(14)19/h7-8,10,12,16,20H,5-6,9,11H2,1-4H3. The molecule has 21 heavy (non-hydrogen) atoms. The predicted molar refractivity (Wildman–Crippen MR) is 92.3 cm³/mol. The van der Waals surface area contributed by atoms with Crippen molar-refractivity contribution in [2.75, 3.05) is 21.1 Å². The van der Waals surface area contributed by atoms with E-state index in [2.05, 4.69) is 31.2 Å². The van der Waals surface area contributed by atoms with Crippen molar-refractivity contribution in [1.29, 1.82) is 0 Å². The van der Waals surface area contributed by atoms with Crippen LogP contribution in [0.1, 0.15) is 44.2 Å². The molecule has 3 atom stereocenters. The monoisotopic (exact) mass is 328 g/mol. The minimum absolute atomic E-state index is 0.0841. The van der Waals surface area contributed by atoms with Crippen LogP contribution in [0.4, 0.5) is 0 Å². The Hall–Kier alpha value is -0.280. The first-order valence-corrected chi connectivity index (χ1v) is 8.46. The van der Waals surface area contributed by atoms with Crippen molar-refractivity contribution in [3.05, 3.63) is 33.8 Å². The summed E-state index contributed by atoms with van der Waals surface area (Å²) < 4.78 is 0. The third-order valence-electron chi connectivity index (χ3n) is 4.99. The average Bonchev–Trinajstić information content (AvgIpc) is 2.43. The van der Waals surface area contributed by atoms with Crippen LogP contribution in [0, 0.1) is 5.92 Å². The van der Waals surface area contributed by atoms with Crippen LogP contribution in [0.5, 0.6) is 0 Å². The van der Waals surface area contributed by atoms with Gasteiger partial charge in [-0.05, 0) is 63.7 Å². The lowest BCUT2D eigenvalue weighted by Crippen LogP contribution is -2.55. The van der Waals surface area contributed by atoms with E-state index < -0.39 is 0 Å². The molecule has 1 aliphatic carbocycles. The molecule has 1 N–H and O–H groups in total. The zero-order valence-electron chi connectivity index (χ0n) is 13.4. The molecule has 4 heteroatoms. The van der Waals surface area contributed by atoms with E-state index >= 15 is 0 Å². The highest BCUT2D eigenvalue weighted by Gasteiger charge is 2.44. The molecule has 1 aromatic rings. The number of nitrogens with zero attached hydrogens (tertiary/aromatic N) is 1. The van der Waals surface area contributed by atoms with Gasteiger partial charge in [0.2, 0.25) is 0 Å². The van der Waals surface area contributed by atoms with Crippen LogP contribution in [0.15, 0.2) is 18.2 Å². The molecular weight excluding hydrogens is 303 g/mol. The van der Waals surface area contributed by atoms with Gasteiger partial charge in [-0.1, -0.05) is 43.0 Å². The summed E-state index contributed by atoms with van der Waals surface area (Å²) in [5, 5.41) is 5.05. The highest BCUT2D eigenvalue weighted by atomic mass is 35.5. The molecule has 0 amide bonds. The van der Waals surface area contributed by atoms with Crippen LogP contribution in [0.2, 0.25) is 10.0 Å². The summed E-state index contributed by atoms with van der Waals surface area (Å²) in [4.78, 5) is 2.38. The van der Waals surface area contributed by atoms with E-state index in [-0.39, 0.29) is 11.6 Å². The maximum Gasteiger partial charge on any atom is 0.0520 e. The van der Waals surface area contributed by atoms with Crippen molar-refractivity contribution in [3.63, 3.8) is 0 Å². The van der Waals surface area contributed by atoms with Crippen LogP contribution in [0.25, 0.3) is 0 Å². The minimum atomic E-state index is 0.0841. The van der Waals surface area contributed by atoms with Gasteiger partial charge in [0.15, 0.2) is 0 Å². The molecule has 0 bridgehead atoms. The summed E-state index contributed by atoms with van der Waals surface area (Å²) in [6.45, 7) is 2.35. The highest BCUT2D eigenvalue weighted by Crippen LogP contribution is 2.45. The second-order valence-electron chi connectivity index (χ2n) is 6.59. The summed E-state index contributed by atoms with van der Waals surface area (Å²) in [7, 11) is 6.38. The zero-order valence-corrected chi connectivity index (χ0v) is 14.9. The molecule has 3 unspecified atom stereocenters. The molecule has 1 aliphatic rings. The number of nitrogens with one attached hydrogen (secondary N) is 1. The van der Waals surface area contributed by atoms with Crippen LogP contribution >= 0.6 is 23.2 Å². The van der Waals surface area contributed by atoms with Crippen molar-refractivity contribution in [3.8, 4) is 0 Å². The van der Waals surface area contributed by atoms with E-state index in [0.29, 0.717) is 0 Å². The van der Waals surface area contributed by atoms with Crippen LogP contribution < -0.4 is 5.32 Å². The van der Waals surface area contributed by atoms with Crippen molar-refractivity contribution >= 4 is 23.2 Å². The molecule has 118 valence electrons. The zero-order chi connectivity index (χ0) is 15.6. The van der Waals surface area contributed by atoms with E-state index in [1.807, 2.05) is 25.2 Å². The molecule has 0 saturated heterocycles. The largest absolute Gasteiger partial charge is 0.311 e. The van der Waals surface area contributed by atoms with Crippen LogP contribution in [-0.2, 0) is 0 Å². The summed E-state index contributed by atoms with van der Waals surface area (Å²) in [6, 6.07) is 5.95. The number of hydrogen-bond donors (Lipinski definition) is 1. The van der Waals surface area contributed by atoms with Gasteiger partial charge < -0.3 is 10.2 Å². The topological polar surface area (TPSA) is 15.3 Å². The first kappa shape index (κ1) is 17.1. The number of halogens is 2. The summed E-state index contributed by atoms with van der Waals surface area (Å²) in [5.74, 6) is 0.731. The Morgan fingerprint density at radius 1 is 1.33 bits per heavy atom. The van der Waals surface area contributed by atoms with Gasteiger partial charge in [0.25, 0.3) is 0 Å².